The van der Waals surface area contributed by atoms with Crippen LogP contribution in [0.15, 0.2) is 79.4 Å². The molecule has 0 aliphatic carbocycles. The monoisotopic (exact) mass is 352 g/mol. The quantitative estimate of drug-likeness (QED) is 0.483. The number of rotatable bonds is 6. The third kappa shape index (κ3) is 5.06. The van der Waals surface area contributed by atoms with Gasteiger partial charge in [-0.2, -0.15) is 0 Å². The van der Waals surface area contributed by atoms with Gasteiger partial charge in [0.25, 0.3) is 0 Å². The first-order valence-electron chi connectivity index (χ1n) is 7.85. The molecule has 0 radical (unpaired) electrons. The van der Waals surface area contributed by atoms with Crippen LogP contribution < -0.4 is 0 Å². The molecule has 0 amide bonds. The predicted molar refractivity (Wildman–Crippen MR) is 98.0 cm³/mol. The highest BCUT2D eigenvalue weighted by atomic mass is 35.5. The van der Waals surface area contributed by atoms with Crippen molar-refractivity contribution in [3.05, 3.63) is 95.5 Å². The lowest BCUT2D eigenvalue weighted by Crippen LogP contribution is -2.15. The average Bonchev–Trinajstić information content (AvgIpc) is 3.14. The molecular formula is C20H17ClN2O2. The van der Waals surface area contributed by atoms with Gasteiger partial charge in [-0.05, 0) is 29.3 Å². The molecule has 0 saturated carbocycles. The zero-order chi connectivity index (χ0) is 17.5. The lowest BCUT2D eigenvalue weighted by molar-refractivity contribution is -0.144. The van der Waals surface area contributed by atoms with Crippen LogP contribution >= 0.6 is 11.6 Å². The number of aromatic nitrogens is 2. The maximum absolute atomic E-state index is 12.2. The summed E-state index contributed by atoms with van der Waals surface area (Å²) in [6.45, 7) is 0.479. The molecule has 4 nitrogen and oxygen atoms in total. The van der Waals surface area contributed by atoms with Crippen molar-refractivity contribution in [2.75, 3.05) is 0 Å². The van der Waals surface area contributed by atoms with Crippen molar-refractivity contribution in [3.63, 3.8) is 0 Å². The van der Waals surface area contributed by atoms with E-state index in [-0.39, 0.29) is 0 Å². The van der Waals surface area contributed by atoms with Crippen molar-refractivity contribution in [2.45, 2.75) is 12.6 Å². The predicted octanol–water partition coefficient (Wildman–Crippen LogP) is 4.53. The van der Waals surface area contributed by atoms with Crippen molar-refractivity contribution in [3.8, 4) is 0 Å². The second kappa shape index (κ2) is 8.31. The second-order valence-electron chi connectivity index (χ2n) is 5.48. The van der Waals surface area contributed by atoms with Crippen LogP contribution in [0, 0.1) is 0 Å². The Kier molecular flexibility index (Phi) is 5.65. The average molecular weight is 353 g/mol. The summed E-state index contributed by atoms with van der Waals surface area (Å²) in [6.07, 6.45) is 7.95. The summed E-state index contributed by atoms with van der Waals surface area (Å²) in [4.78, 5) is 16.3. The van der Waals surface area contributed by atoms with Crippen LogP contribution in [0.1, 0.15) is 17.2 Å². The van der Waals surface area contributed by atoms with Crippen molar-refractivity contribution in [1.82, 2.24) is 9.55 Å². The fraction of sp³-hybridized carbons (Fsp3) is 0.100. The minimum Gasteiger partial charge on any atom is -0.452 e. The molecule has 25 heavy (non-hydrogen) atoms. The molecule has 1 unspecified atom stereocenters. The molecule has 3 aromatic rings. The van der Waals surface area contributed by atoms with Crippen molar-refractivity contribution >= 4 is 23.6 Å². The van der Waals surface area contributed by atoms with Crippen LogP contribution in [-0.4, -0.2) is 15.5 Å². The minimum absolute atomic E-state index is 0.399. The Hall–Kier alpha value is -2.85. The largest absolute Gasteiger partial charge is 0.452 e. The molecule has 0 bridgehead atoms. The van der Waals surface area contributed by atoms with E-state index in [0.29, 0.717) is 11.6 Å². The van der Waals surface area contributed by atoms with E-state index in [1.165, 1.54) is 6.08 Å². The maximum Gasteiger partial charge on any atom is 0.331 e. The molecule has 0 aliphatic heterocycles. The van der Waals surface area contributed by atoms with Gasteiger partial charge in [-0.25, -0.2) is 9.78 Å². The standard InChI is InChI=1S/C20H17ClN2O2/c21-18-9-7-17(8-10-18)19(14-23-13-12-22-15-23)25-20(24)11-6-16-4-2-1-3-5-16/h1-13,15,19H,14H2/b11-6+. The molecule has 5 heteroatoms. The van der Waals surface area contributed by atoms with Crippen LogP contribution in [0.4, 0.5) is 0 Å². The SMILES string of the molecule is O=C(/C=C/c1ccccc1)OC(Cn1ccnc1)c1ccc(Cl)cc1. The highest BCUT2D eigenvalue weighted by molar-refractivity contribution is 6.30. The Bertz CT molecular complexity index is 828. The number of halogens is 1. The summed E-state index contributed by atoms with van der Waals surface area (Å²) < 4.78 is 7.52. The highest BCUT2D eigenvalue weighted by Crippen LogP contribution is 2.22. The van der Waals surface area contributed by atoms with E-state index in [4.69, 9.17) is 16.3 Å². The van der Waals surface area contributed by atoms with Crippen LogP contribution in [0.2, 0.25) is 5.02 Å². The van der Waals surface area contributed by atoms with Gasteiger partial charge < -0.3 is 9.30 Å². The molecule has 0 fully saturated rings. The molecule has 2 aromatic carbocycles. The molecule has 1 atom stereocenters. The number of hydrogen-bond acceptors (Lipinski definition) is 3. The molecular weight excluding hydrogens is 336 g/mol. The van der Waals surface area contributed by atoms with Crippen LogP contribution in [0.25, 0.3) is 6.08 Å². The summed E-state index contributed by atoms with van der Waals surface area (Å²) in [7, 11) is 0. The van der Waals surface area contributed by atoms with E-state index in [1.54, 1.807) is 30.7 Å². The topological polar surface area (TPSA) is 44.1 Å². The number of esters is 1. The van der Waals surface area contributed by atoms with Gasteiger partial charge in [0.1, 0.15) is 6.10 Å². The maximum atomic E-state index is 12.2. The van der Waals surface area contributed by atoms with Crippen molar-refractivity contribution in [2.24, 2.45) is 0 Å². The summed E-state index contributed by atoms with van der Waals surface area (Å²) in [6, 6.07) is 16.9. The lowest BCUT2D eigenvalue weighted by atomic mass is 10.1. The minimum atomic E-state index is -0.431. The van der Waals surface area contributed by atoms with E-state index >= 15 is 0 Å². The number of imidazole rings is 1. The summed E-state index contributed by atoms with van der Waals surface area (Å²) >= 11 is 5.95. The lowest BCUT2D eigenvalue weighted by Gasteiger charge is -2.18. The Balaban J connectivity index is 1.73. The number of carbonyl (C=O) groups is 1. The van der Waals surface area contributed by atoms with Gasteiger partial charge in [0.2, 0.25) is 0 Å². The molecule has 0 N–H and O–H groups in total. The van der Waals surface area contributed by atoms with Gasteiger partial charge in [0.05, 0.1) is 12.9 Å². The number of nitrogens with zero attached hydrogens (tertiary/aromatic N) is 2. The molecule has 0 spiro atoms. The summed E-state index contributed by atoms with van der Waals surface area (Å²) in [5.74, 6) is -0.399. The second-order valence-corrected chi connectivity index (χ2v) is 5.92. The molecule has 1 aromatic heterocycles. The smallest absolute Gasteiger partial charge is 0.331 e. The van der Waals surface area contributed by atoms with Gasteiger partial charge in [0, 0.05) is 23.5 Å². The highest BCUT2D eigenvalue weighted by Gasteiger charge is 2.16. The Labute approximate surface area is 151 Å². The first-order valence-corrected chi connectivity index (χ1v) is 8.23. The molecule has 0 saturated heterocycles. The van der Waals surface area contributed by atoms with Crippen molar-refractivity contribution in [1.29, 1.82) is 0 Å². The Morgan fingerprint density at radius 3 is 2.60 bits per heavy atom. The van der Waals surface area contributed by atoms with Gasteiger partial charge in [-0.1, -0.05) is 54.1 Å². The summed E-state index contributed by atoms with van der Waals surface area (Å²) in [5, 5.41) is 0.639. The van der Waals surface area contributed by atoms with Crippen LogP contribution in [-0.2, 0) is 16.1 Å². The van der Waals surface area contributed by atoms with Crippen molar-refractivity contribution < 1.29 is 9.53 Å². The molecule has 126 valence electrons. The Morgan fingerprint density at radius 1 is 1.16 bits per heavy atom. The van der Waals surface area contributed by atoms with E-state index in [2.05, 4.69) is 4.98 Å². The number of benzene rings is 2. The number of carbonyl (C=O) groups excluding carboxylic acids is 1. The van der Waals surface area contributed by atoms with Gasteiger partial charge in [0.15, 0.2) is 0 Å². The number of hydrogen-bond donors (Lipinski definition) is 0. The fourth-order valence-corrected chi connectivity index (χ4v) is 2.51. The third-order valence-corrected chi connectivity index (χ3v) is 3.90. The zero-order valence-electron chi connectivity index (χ0n) is 13.5. The normalized spacial score (nSPS) is 12.2. The molecule has 0 aliphatic rings. The fourth-order valence-electron chi connectivity index (χ4n) is 2.38. The van der Waals surface area contributed by atoms with Gasteiger partial charge in [-0.3, -0.25) is 0 Å². The third-order valence-electron chi connectivity index (χ3n) is 3.65. The molecule has 1 heterocycles. The van der Waals surface area contributed by atoms with Crippen LogP contribution in [0.3, 0.4) is 0 Å². The Morgan fingerprint density at radius 2 is 1.92 bits per heavy atom. The van der Waals surface area contributed by atoms with Crippen LogP contribution in [0.5, 0.6) is 0 Å². The van der Waals surface area contributed by atoms with E-state index in [9.17, 15) is 4.79 Å². The first kappa shape index (κ1) is 17.0. The zero-order valence-corrected chi connectivity index (χ0v) is 14.2. The van der Waals surface area contributed by atoms with E-state index in [1.807, 2.05) is 53.2 Å². The van der Waals surface area contributed by atoms with E-state index < -0.39 is 12.1 Å². The van der Waals surface area contributed by atoms with E-state index in [0.717, 1.165) is 11.1 Å². The van der Waals surface area contributed by atoms with Gasteiger partial charge in [-0.15, -0.1) is 0 Å². The number of ether oxygens (including phenoxy) is 1. The first-order chi connectivity index (χ1) is 12.2. The van der Waals surface area contributed by atoms with Gasteiger partial charge >= 0.3 is 5.97 Å². The summed E-state index contributed by atoms with van der Waals surface area (Å²) in [5.41, 5.74) is 1.82. The molecule has 3 rings (SSSR count).